The molecule has 1 heterocycles. The number of carbonyl (C=O) groups is 1. The molecular formula is C13H27N3O3S. The number of rotatable bonds is 6. The van der Waals surface area contributed by atoms with Crippen molar-refractivity contribution in [1.29, 1.82) is 0 Å². The van der Waals surface area contributed by atoms with E-state index < -0.39 is 15.6 Å². The molecule has 1 unspecified atom stereocenters. The standard InChI is InChI=1S/C13H27N3O3S/c1-4-6-13(3,14)12(17)15-7-9-16(10-8-15)20(18,19)11-5-2/h4-11,14H2,1-3H3. The number of hydrogen-bond acceptors (Lipinski definition) is 4. The van der Waals surface area contributed by atoms with Crippen LogP contribution in [0.2, 0.25) is 0 Å². The molecule has 6 nitrogen and oxygen atoms in total. The van der Waals surface area contributed by atoms with Gasteiger partial charge in [-0.05, 0) is 19.8 Å². The second-order valence-corrected chi connectivity index (χ2v) is 7.76. The number of piperazine rings is 1. The van der Waals surface area contributed by atoms with Crippen molar-refractivity contribution in [2.45, 2.75) is 45.6 Å². The van der Waals surface area contributed by atoms with Gasteiger partial charge in [0.05, 0.1) is 11.3 Å². The molecule has 1 saturated heterocycles. The van der Waals surface area contributed by atoms with E-state index in [2.05, 4.69) is 0 Å². The number of amides is 1. The molecule has 0 aromatic carbocycles. The van der Waals surface area contributed by atoms with Crippen LogP contribution in [-0.2, 0) is 14.8 Å². The highest BCUT2D eigenvalue weighted by Crippen LogP contribution is 2.16. The number of nitrogens with two attached hydrogens (primary N) is 1. The zero-order chi connectivity index (χ0) is 15.4. The molecule has 0 aromatic heterocycles. The Hall–Kier alpha value is -0.660. The van der Waals surface area contributed by atoms with Gasteiger partial charge in [0.2, 0.25) is 15.9 Å². The number of hydrogen-bond donors (Lipinski definition) is 1. The van der Waals surface area contributed by atoms with Crippen molar-refractivity contribution in [1.82, 2.24) is 9.21 Å². The number of nitrogens with zero attached hydrogens (tertiary/aromatic N) is 2. The van der Waals surface area contributed by atoms with E-state index in [0.29, 0.717) is 39.0 Å². The highest BCUT2D eigenvalue weighted by Gasteiger charge is 2.35. The van der Waals surface area contributed by atoms with Crippen LogP contribution in [0.3, 0.4) is 0 Å². The molecule has 1 fully saturated rings. The maximum absolute atomic E-state index is 12.3. The van der Waals surface area contributed by atoms with E-state index in [9.17, 15) is 13.2 Å². The first-order chi connectivity index (χ1) is 9.24. The molecule has 0 aromatic rings. The Morgan fingerprint density at radius 3 is 2.15 bits per heavy atom. The molecule has 0 bridgehead atoms. The Morgan fingerprint density at radius 1 is 1.15 bits per heavy atom. The van der Waals surface area contributed by atoms with E-state index in [-0.39, 0.29) is 11.7 Å². The Morgan fingerprint density at radius 2 is 1.70 bits per heavy atom. The largest absolute Gasteiger partial charge is 0.338 e. The van der Waals surface area contributed by atoms with E-state index in [4.69, 9.17) is 5.73 Å². The molecule has 7 heteroatoms. The predicted octanol–water partition coefficient (Wildman–Crippen LogP) is 0.388. The van der Waals surface area contributed by atoms with Crippen LogP contribution in [0.1, 0.15) is 40.0 Å². The average molecular weight is 305 g/mol. The summed E-state index contributed by atoms with van der Waals surface area (Å²) in [7, 11) is -3.16. The van der Waals surface area contributed by atoms with Gasteiger partial charge in [-0.1, -0.05) is 20.3 Å². The molecular weight excluding hydrogens is 278 g/mol. The topological polar surface area (TPSA) is 83.7 Å². The molecule has 118 valence electrons. The van der Waals surface area contributed by atoms with Crippen LogP contribution in [0.4, 0.5) is 0 Å². The summed E-state index contributed by atoms with van der Waals surface area (Å²) >= 11 is 0. The normalized spacial score (nSPS) is 20.7. The fourth-order valence-corrected chi connectivity index (χ4v) is 4.04. The van der Waals surface area contributed by atoms with Crippen molar-refractivity contribution in [3.63, 3.8) is 0 Å². The Kier molecular flexibility index (Phi) is 5.97. The lowest BCUT2D eigenvalue weighted by Crippen LogP contribution is -2.58. The SMILES string of the molecule is CCCC(C)(N)C(=O)N1CCN(S(=O)(=O)CCC)CC1. The third-order valence-electron chi connectivity index (χ3n) is 3.64. The van der Waals surface area contributed by atoms with Crippen molar-refractivity contribution in [2.75, 3.05) is 31.9 Å². The highest BCUT2D eigenvalue weighted by molar-refractivity contribution is 7.89. The maximum Gasteiger partial charge on any atom is 0.242 e. The van der Waals surface area contributed by atoms with Gasteiger partial charge in [0.1, 0.15) is 0 Å². The molecule has 1 aliphatic heterocycles. The van der Waals surface area contributed by atoms with E-state index in [1.807, 2.05) is 13.8 Å². The van der Waals surface area contributed by atoms with Crippen LogP contribution in [0.25, 0.3) is 0 Å². The lowest BCUT2D eigenvalue weighted by Gasteiger charge is -2.37. The highest BCUT2D eigenvalue weighted by atomic mass is 32.2. The molecule has 1 rings (SSSR count). The Bertz CT molecular complexity index is 426. The second-order valence-electron chi connectivity index (χ2n) is 5.67. The van der Waals surface area contributed by atoms with Gasteiger partial charge in [0.15, 0.2) is 0 Å². The zero-order valence-electron chi connectivity index (χ0n) is 12.8. The second kappa shape index (κ2) is 6.87. The minimum absolute atomic E-state index is 0.0770. The number of carbonyl (C=O) groups excluding carboxylic acids is 1. The van der Waals surface area contributed by atoms with E-state index >= 15 is 0 Å². The van der Waals surface area contributed by atoms with Crippen molar-refractivity contribution < 1.29 is 13.2 Å². The predicted molar refractivity (Wildman–Crippen MR) is 79.7 cm³/mol. The van der Waals surface area contributed by atoms with E-state index in [1.54, 1.807) is 11.8 Å². The van der Waals surface area contributed by atoms with Gasteiger partial charge in [-0.15, -0.1) is 0 Å². The first-order valence-electron chi connectivity index (χ1n) is 7.30. The van der Waals surface area contributed by atoms with Crippen molar-refractivity contribution in [3.8, 4) is 0 Å². The van der Waals surface area contributed by atoms with Crippen LogP contribution >= 0.6 is 0 Å². The smallest absolute Gasteiger partial charge is 0.242 e. The van der Waals surface area contributed by atoms with Crippen molar-refractivity contribution in [2.24, 2.45) is 5.73 Å². The van der Waals surface area contributed by atoms with Gasteiger partial charge < -0.3 is 10.6 Å². The van der Waals surface area contributed by atoms with Gasteiger partial charge in [-0.3, -0.25) is 4.79 Å². The Labute approximate surface area is 122 Å². The van der Waals surface area contributed by atoms with Crippen molar-refractivity contribution in [3.05, 3.63) is 0 Å². The molecule has 0 aliphatic carbocycles. The fraction of sp³-hybridized carbons (Fsp3) is 0.923. The molecule has 1 aliphatic rings. The minimum atomic E-state index is -3.16. The molecule has 0 spiro atoms. The summed E-state index contributed by atoms with van der Waals surface area (Å²) in [5.74, 6) is 0.0951. The van der Waals surface area contributed by atoms with Gasteiger partial charge in [-0.25, -0.2) is 8.42 Å². The van der Waals surface area contributed by atoms with Gasteiger partial charge in [0.25, 0.3) is 0 Å². The lowest BCUT2D eigenvalue weighted by atomic mass is 9.95. The van der Waals surface area contributed by atoms with Crippen molar-refractivity contribution >= 4 is 15.9 Å². The molecule has 1 atom stereocenters. The summed E-state index contributed by atoms with van der Waals surface area (Å²) in [5, 5.41) is 0. The van der Waals surface area contributed by atoms with Crippen LogP contribution in [-0.4, -0.2) is 61.0 Å². The quantitative estimate of drug-likeness (QED) is 0.769. The van der Waals surface area contributed by atoms with E-state index in [1.165, 1.54) is 4.31 Å². The first kappa shape index (κ1) is 17.4. The molecule has 2 N–H and O–H groups in total. The zero-order valence-corrected chi connectivity index (χ0v) is 13.6. The lowest BCUT2D eigenvalue weighted by molar-refractivity contribution is -0.137. The molecule has 0 radical (unpaired) electrons. The fourth-order valence-electron chi connectivity index (χ4n) is 2.54. The van der Waals surface area contributed by atoms with Gasteiger partial charge in [0, 0.05) is 26.2 Å². The van der Waals surface area contributed by atoms with Crippen LogP contribution in [0.15, 0.2) is 0 Å². The first-order valence-corrected chi connectivity index (χ1v) is 8.91. The summed E-state index contributed by atoms with van der Waals surface area (Å²) in [4.78, 5) is 14.0. The monoisotopic (exact) mass is 305 g/mol. The maximum atomic E-state index is 12.3. The van der Waals surface area contributed by atoms with Crippen LogP contribution in [0, 0.1) is 0 Å². The third-order valence-corrected chi connectivity index (χ3v) is 5.72. The van der Waals surface area contributed by atoms with Gasteiger partial charge in [-0.2, -0.15) is 4.31 Å². The molecule has 0 saturated carbocycles. The minimum Gasteiger partial charge on any atom is -0.338 e. The van der Waals surface area contributed by atoms with Crippen LogP contribution < -0.4 is 5.73 Å². The summed E-state index contributed by atoms with van der Waals surface area (Å²) in [6.45, 7) is 7.19. The molecule has 1 amide bonds. The average Bonchev–Trinajstić information content (AvgIpc) is 2.38. The summed E-state index contributed by atoms with van der Waals surface area (Å²) in [6, 6.07) is 0. The van der Waals surface area contributed by atoms with Crippen LogP contribution in [0.5, 0.6) is 0 Å². The Balaban J connectivity index is 2.61. The number of sulfonamides is 1. The molecule has 20 heavy (non-hydrogen) atoms. The summed E-state index contributed by atoms with van der Waals surface area (Å²) < 4.78 is 25.4. The van der Waals surface area contributed by atoms with Gasteiger partial charge >= 0.3 is 0 Å². The summed E-state index contributed by atoms with van der Waals surface area (Å²) in [5.41, 5.74) is 5.20. The van der Waals surface area contributed by atoms with E-state index in [0.717, 1.165) is 6.42 Å². The third kappa shape index (κ3) is 4.17. The summed E-state index contributed by atoms with van der Waals surface area (Å²) in [6.07, 6.45) is 2.10.